The van der Waals surface area contributed by atoms with Crippen LogP contribution in [0.25, 0.3) is 11.4 Å². The number of thioether (sulfide) groups is 1. The Morgan fingerprint density at radius 3 is 2.67 bits per heavy atom. The van der Waals surface area contributed by atoms with Gasteiger partial charge in [-0.25, -0.2) is 4.79 Å². The van der Waals surface area contributed by atoms with Crippen molar-refractivity contribution in [2.75, 3.05) is 17.7 Å². The van der Waals surface area contributed by atoms with Crippen LogP contribution < -0.4 is 5.32 Å². The second kappa shape index (κ2) is 10.4. The molecule has 0 spiro atoms. The Balaban J connectivity index is 1.59. The molecule has 2 aromatic carbocycles. The fourth-order valence-corrected chi connectivity index (χ4v) is 3.60. The number of esters is 1. The number of ether oxygens (including phenoxy) is 1. The molecule has 0 radical (unpaired) electrons. The summed E-state index contributed by atoms with van der Waals surface area (Å²) in [6.45, 7) is 2.30. The molecule has 0 aliphatic heterocycles. The van der Waals surface area contributed by atoms with E-state index in [1.807, 2.05) is 42.8 Å². The molecule has 30 heavy (non-hydrogen) atoms. The van der Waals surface area contributed by atoms with Crippen molar-refractivity contribution in [3.63, 3.8) is 0 Å². The molecule has 0 fully saturated rings. The van der Waals surface area contributed by atoms with Crippen molar-refractivity contribution in [1.82, 2.24) is 14.8 Å². The van der Waals surface area contributed by atoms with Crippen molar-refractivity contribution >= 4 is 45.3 Å². The molecule has 0 aliphatic carbocycles. The van der Waals surface area contributed by atoms with E-state index in [0.29, 0.717) is 23.0 Å². The first-order chi connectivity index (χ1) is 14.5. The van der Waals surface area contributed by atoms with Gasteiger partial charge in [0.2, 0.25) is 5.91 Å². The maximum atomic E-state index is 12.4. The molecule has 7 nitrogen and oxygen atoms in total. The molecule has 1 amide bonds. The lowest BCUT2D eigenvalue weighted by atomic mass is 10.2. The molecule has 0 saturated heterocycles. The average Bonchev–Trinajstić information content (AvgIpc) is 3.11. The van der Waals surface area contributed by atoms with Crippen molar-refractivity contribution in [2.45, 2.75) is 18.5 Å². The van der Waals surface area contributed by atoms with E-state index in [1.54, 1.807) is 24.3 Å². The highest BCUT2D eigenvalue weighted by Gasteiger charge is 2.14. The largest absolute Gasteiger partial charge is 0.462 e. The Morgan fingerprint density at radius 2 is 1.93 bits per heavy atom. The van der Waals surface area contributed by atoms with E-state index < -0.39 is 5.97 Å². The van der Waals surface area contributed by atoms with Gasteiger partial charge in [-0.1, -0.05) is 52.8 Å². The van der Waals surface area contributed by atoms with Gasteiger partial charge < -0.3 is 14.6 Å². The van der Waals surface area contributed by atoms with E-state index in [9.17, 15) is 9.59 Å². The molecule has 0 saturated carbocycles. The lowest BCUT2D eigenvalue weighted by Crippen LogP contribution is -2.15. The van der Waals surface area contributed by atoms with Crippen LogP contribution in [0.3, 0.4) is 0 Å². The van der Waals surface area contributed by atoms with Gasteiger partial charge in [0.15, 0.2) is 11.0 Å². The van der Waals surface area contributed by atoms with Crippen LogP contribution in [-0.4, -0.2) is 39.0 Å². The molecule has 0 atom stereocenters. The average molecular weight is 489 g/mol. The van der Waals surface area contributed by atoms with Crippen LogP contribution in [0, 0.1) is 0 Å². The number of aromatic nitrogens is 3. The second-order valence-electron chi connectivity index (χ2n) is 6.43. The summed E-state index contributed by atoms with van der Waals surface area (Å²) in [5.74, 6) is 0.287. The number of carbonyl (C=O) groups excluding carboxylic acids is 2. The molecule has 0 bridgehead atoms. The number of halogens is 1. The van der Waals surface area contributed by atoms with Crippen LogP contribution in [0.15, 0.2) is 58.2 Å². The van der Waals surface area contributed by atoms with E-state index in [-0.39, 0.29) is 11.7 Å². The Morgan fingerprint density at radius 1 is 1.17 bits per heavy atom. The topological polar surface area (TPSA) is 86.1 Å². The van der Waals surface area contributed by atoms with Gasteiger partial charge in [-0.2, -0.15) is 0 Å². The number of carbonyl (C=O) groups is 2. The maximum absolute atomic E-state index is 12.4. The molecule has 1 aromatic heterocycles. The Hall–Kier alpha value is -2.65. The number of hydrogen-bond acceptors (Lipinski definition) is 6. The highest BCUT2D eigenvalue weighted by atomic mass is 79.9. The number of nitrogens with zero attached hydrogens (tertiary/aromatic N) is 3. The summed E-state index contributed by atoms with van der Waals surface area (Å²) in [5.41, 5.74) is 1.89. The Bertz CT molecular complexity index is 1040. The number of amides is 1. The van der Waals surface area contributed by atoms with E-state index >= 15 is 0 Å². The fourth-order valence-electron chi connectivity index (χ4n) is 2.62. The summed E-state index contributed by atoms with van der Waals surface area (Å²) < 4.78 is 7.97. The monoisotopic (exact) mass is 488 g/mol. The molecule has 3 aromatic rings. The van der Waals surface area contributed by atoms with Gasteiger partial charge >= 0.3 is 5.97 Å². The zero-order valence-electron chi connectivity index (χ0n) is 16.6. The van der Waals surface area contributed by atoms with Gasteiger partial charge in [-0.3, -0.25) is 4.79 Å². The summed E-state index contributed by atoms with van der Waals surface area (Å²) in [6.07, 6.45) is 0.755. The SMILES string of the molecule is CCCOC(=O)c1cccc(NC(=O)CSc2nnc(-c3ccc(Br)cc3)n2C)c1. The standard InChI is InChI=1S/C21H21BrN4O3S/c1-3-11-29-20(28)15-5-4-6-17(12-15)23-18(27)13-30-21-25-24-19(26(21)2)14-7-9-16(22)10-8-14/h4-10,12H,3,11,13H2,1-2H3,(H,23,27). The predicted molar refractivity (Wildman–Crippen MR) is 121 cm³/mol. The Labute approximate surface area is 187 Å². The normalized spacial score (nSPS) is 10.6. The summed E-state index contributed by atoms with van der Waals surface area (Å²) in [4.78, 5) is 24.3. The van der Waals surface area contributed by atoms with E-state index in [2.05, 4.69) is 31.4 Å². The number of rotatable bonds is 8. The lowest BCUT2D eigenvalue weighted by Gasteiger charge is -2.08. The zero-order valence-corrected chi connectivity index (χ0v) is 19.0. The lowest BCUT2D eigenvalue weighted by molar-refractivity contribution is -0.113. The third-order valence-corrected chi connectivity index (χ3v) is 5.64. The molecule has 156 valence electrons. The highest BCUT2D eigenvalue weighted by Crippen LogP contribution is 2.24. The van der Waals surface area contributed by atoms with Gasteiger partial charge in [-0.15, -0.1) is 10.2 Å². The van der Waals surface area contributed by atoms with E-state index in [4.69, 9.17) is 4.74 Å². The third-order valence-electron chi connectivity index (χ3n) is 4.09. The summed E-state index contributed by atoms with van der Waals surface area (Å²) in [5, 5.41) is 11.8. The minimum absolute atomic E-state index is 0.164. The number of benzene rings is 2. The van der Waals surface area contributed by atoms with Crippen LogP contribution in [0.4, 0.5) is 5.69 Å². The van der Waals surface area contributed by atoms with Crippen molar-refractivity contribution in [2.24, 2.45) is 7.05 Å². The quantitative estimate of drug-likeness (QED) is 0.369. The predicted octanol–water partition coefficient (Wildman–Crippen LogP) is 4.54. The molecular weight excluding hydrogens is 468 g/mol. The van der Waals surface area contributed by atoms with Crippen molar-refractivity contribution in [3.05, 3.63) is 58.6 Å². The smallest absolute Gasteiger partial charge is 0.338 e. The van der Waals surface area contributed by atoms with Gasteiger partial charge in [0.05, 0.1) is 17.9 Å². The first kappa shape index (κ1) is 22.0. The van der Waals surface area contributed by atoms with E-state index in [1.165, 1.54) is 11.8 Å². The number of anilines is 1. The van der Waals surface area contributed by atoms with E-state index in [0.717, 1.165) is 22.3 Å². The van der Waals surface area contributed by atoms with Gasteiger partial charge in [0.25, 0.3) is 0 Å². The molecule has 3 rings (SSSR count). The minimum Gasteiger partial charge on any atom is -0.462 e. The van der Waals surface area contributed by atoms with Gasteiger partial charge in [-0.05, 0) is 36.8 Å². The van der Waals surface area contributed by atoms with Gasteiger partial charge in [0.1, 0.15) is 0 Å². The van der Waals surface area contributed by atoms with Crippen molar-refractivity contribution in [3.8, 4) is 11.4 Å². The first-order valence-electron chi connectivity index (χ1n) is 9.33. The summed E-state index contributed by atoms with van der Waals surface area (Å²) in [6, 6.07) is 14.5. The highest BCUT2D eigenvalue weighted by molar-refractivity contribution is 9.10. The van der Waals surface area contributed by atoms with Crippen LogP contribution in [0.5, 0.6) is 0 Å². The number of nitrogens with one attached hydrogen (secondary N) is 1. The molecule has 1 heterocycles. The molecule has 0 unspecified atom stereocenters. The third kappa shape index (κ3) is 5.70. The molecule has 1 N–H and O–H groups in total. The molecule has 9 heteroatoms. The first-order valence-corrected chi connectivity index (χ1v) is 11.1. The van der Waals surface area contributed by atoms with Gasteiger partial charge in [0, 0.05) is 22.8 Å². The van der Waals surface area contributed by atoms with Crippen LogP contribution in [0.2, 0.25) is 0 Å². The van der Waals surface area contributed by atoms with Crippen molar-refractivity contribution < 1.29 is 14.3 Å². The van der Waals surface area contributed by atoms with Crippen LogP contribution in [-0.2, 0) is 16.6 Å². The molecular formula is C21H21BrN4O3S. The zero-order chi connectivity index (χ0) is 21.5. The maximum Gasteiger partial charge on any atom is 0.338 e. The summed E-state index contributed by atoms with van der Waals surface area (Å²) >= 11 is 4.71. The fraction of sp³-hybridized carbons (Fsp3) is 0.238. The van der Waals surface area contributed by atoms with Crippen LogP contribution in [0.1, 0.15) is 23.7 Å². The minimum atomic E-state index is -0.401. The molecule has 0 aliphatic rings. The Kier molecular flexibility index (Phi) is 7.64. The van der Waals surface area contributed by atoms with Crippen LogP contribution >= 0.6 is 27.7 Å². The summed E-state index contributed by atoms with van der Waals surface area (Å²) in [7, 11) is 1.86. The van der Waals surface area contributed by atoms with Crippen molar-refractivity contribution in [1.29, 1.82) is 0 Å². The second-order valence-corrected chi connectivity index (χ2v) is 8.28. The number of hydrogen-bond donors (Lipinski definition) is 1.